The second-order valence-corrected chi connectivity index (χ2v) is 9.49. The average Bonchev–Trinajstić information content (AvgIpc) is 3.05. The summed E-state index contributed by atoms with van der Waals surface area (Å²) in [5.74, 6) is 0.984. The van der Waals surface area contributed by atoms with Crippen molar-refractivity contribution >= 4 is 24.0 Å². The molecule has 0 amide bonds. The van der Waals surface area contributed by atoms with Crippen molar-refractivity contribution < 1.29 is 4.74 Å². The number of benzene rings is 3. The molecule has 3 aromatic carbocycles. The Kier molecular flexibility index (Phi) is 7.58. The van der Waals surface area contributed by atoms with E-state index in [1.165, 1.54) is 36.0 Å². The summed E-state index contributed by atoms with van der Waals surface area (Å²) in [7, 11) is 2.30. The summed E-state index contributed by atoms with van der Waals surface area (Å²) in [5, 5.41) is 0.806. The number of nitrogens with zero attached hydrogens (tertiary/aromatic N) is 1. The van der Waals surface area contributed by atoms with Crippen LogP contribution in [0.4, 0.5) is 0 Å². The molecule has 2 aliphatic rings. The smallest absolute Gasteiger partial charge is 0.108 e. The van der Waals surface area contributed by atoms with E-state index in [2.05, 4.69) is 84.7 Å². The minimum Gasteiger partial charge on any atom is -0.368 e. The molecule has 0 saturated carbocycles. The lowest BCUT2D eigenvalue weighted by molar-refractivity contribution is -0.00335. The summed E-state index contributed by atoms with van der Waals surface area (Å²) < 4.78 is 6.78. The molecule has 32 heavy (non-hydrogen) atoms. The van der Waals surface area contributed by atoms with E-state index in [9.17, 15) is 0 Å². The van der Waals surface area contributed by atoms with Gasteiger partial charge in [0.25, 0.3) is 0 Å². The van der Waals surface area contributed by atoms with E-state index >= 15 is 0 Å². The van der Waals surface area contributed by atoms with E-state index < -0.39 is 0 Å². The summed E-state index contributed by atoms with van der Waals surface area (Å²) in [4.78, 5) is 2.61. The Labute approximate surface area is 203 Å². The van der Waals surface area contributed by atoms with Gasteiger partial charge in [0.1, 0.15) is 6.10 Å². The highest BCUT2D eigenvalue weighted by Gasteiger charge is 2.46. The standard InChI is InChI=1S/C28H30ClNO.ClH/c1-30-24-16-17-27(30)26(25(18-24)20-12-14-23(29)15-13-20)19-31-28(21-8-4-2-5-9-21)22-10-6-3-7-11-22;/h2-15,24-28H,16-19H2,1H3;1H/t24?,25?,26-,27?;/m1./s1. The first-order valence-corrected chi connectivity index (χ1v) is 11.8. The zero-order valence-corrected chi connectivity index (χ0v) is 20.0. The maximum Gasteiger partial charge on any atom is 0.108 e. The molecule has 3 aromatic rings. The fourth-order valence-electron chi connectivity index (χ4n) is 5.75. The Hall–Kier alpha value is -1.84. The van der Waals surface area contributed by atoms with Crippen LogP contribution in [0.1, 0.15) is 48.0 Å². The van der Waals surface area contributed by atoms with Crippen molar-refractivity contribution in [1.82, 2.24) is 4.90 Å². The first-order chi connectivity index (χ1) is 15.2. The molecular formula is C28H31Cl2NO. The van der Waals surface area contributed by atoms with Gasteiger partial charge in [0, 0.05) is 23.0 Å². The molecule has 0 aliphatic carbocycles. The Balaban J connectivity index is 0.00000245. The van der Waals surface area contributed by atoms with Gasteiger partial charge in [-0.3, -0.25) is 0 Å². The topological polar surface area (TPSA) is 12.5 Å². The molecule has 0 aromatic heterocycles. The van der Waals surface area contributed by atoms with Crippen molar-refractivity contribution in [2.24, 2.45) is 5.92 Å². The van der Waals surface area contributed by atoms with Gasteiger partial charge in [-0.2, -0.15) is 0 Å². The van der Waals surface area contributed by atoms with Crippen molar-refractivity contribution in [1.29, 1.82) is 0 Å². The van der Waals surface area contributed by atoms with Gasteiger partial charge in [-0.1, -0.05) is 84.4 Å². The van der Waals surface area contributed by atoms with Crippen LogP contribution >= 0.6 is 24.0 Å². The molecule has 3 unspecified atom stereocenters. The molecule has 0 spiro atoms. The first-order valence-electron chi connectivity index (χ1n) is 11.4. The third kappa shape index (κ3) is 4.75. The largest absolute Gasteiger partial charge is 0.368 e. The van der Waals surface area contributed by atoms with Crippen molar-refractivity contribution in [2.75, 3.05) is 13.7 Å². The van der Waals surface area contributed by atoms with Gasteiger partial charge in [-0.05, 0) is 61.1 Å². The van der Waals surface area contributed by atoms with Gasteiger partial charge < -0.3 is 9.64 Å². The van der Waals surface area contributed by atoms with Crippen molar-refractivity contribution in [3.63, 3.8) is 0 Å². The number of rotatable bonds is 6. The van der Waals surface area contributed by atoms with E-state index in [-0.39, 0.29) is 18.5 Å². The number of piperidine rings is 1. The molecule has 4 heteroatoms. The van der Waals surface area contributed by atoms with Crippen molar-refractivity contribution in [3.8, 4) is 0 Å². The molecular weight excluding hydrogens is 437 g/mol. The maximum absolute atomic E-state index is 6.78. The Morgan fingerprint density at radius 3 is 2.06 bits per heavy atom. The maximum atomic E-state index is 6.78. The Bertz CT molecular complexity index is 940. The summed E-state index contributed by atoms with van der Waals surface area (Å²) in [6.07, 6.45) is 3.71. The van der Waals surface area contributed by atoms with Crippen LogP contribution in [0.15, 0.2) is 84.9 Å². The number of fused-ring (bicyclic) bond motifs is 2. The predicted molar refractivity (Wildman–Crippen MR) is 135 cm³/mol. The monoisotopic (exact) mass is 467 g/mol. The van der Waals surface area contributed by atoms with Crippen LogP contribution in [0.3, 0.4) is 0 Å². The van der Waals surface area contributed by atoms with Gasteiger partial charge in [-0.15, -0.1) is 12.4 Å². The van der Waals surface area contributed by atoms with Crippen LogP contribution in [-0.2, 0) is 4.74 Å². The zero-order chi connectivity index (χ0) is 21.2. The number of ether oxygens (including phenoxy) is 1. The Morgan fingerprint density at radius 2 is 1.47 bits per heavy atom. The highest BCUT2D eigenvalue weighted by Crippen LogP contribution is 2.47. The first kappa shape index (κ1) is 23.3. The van der Waals surface area contributed by atoms with Crippen LogP contribution in [0.25, 0.3) is 0 Å². The summed E-state index contributed by atoms with van der Waals surface area (Å²) >= 11 is 6.19. The highest BCUT2D eigenvalue weighted by molar-refractivity contribution is 6.30. The van der Waals surface area contributed by atoms with E-state index in [4.69, 9.17) is 16.3 Å². The van der Waals surface area contributed by atoms with Crippen LogP contribution in [0.2, 0.25) is 5.02 Å². The fourth-order valence-corrected chi connectivity index (χ4v) is 5.87. The van der Waals surface area contributed by atoms with Crippen molar-refractivity contribution in [2.45, 2.75) is 43.4 Å². The number of halogens is 2. The Morgan fingerprint density at radius 1 is 0.875 bits per heavy atom. The van der Waals surface area contributed by atoms with Gasteiger partial charge in [0.2, 0.25) is 0 Å². The fraction of sp³-hybridized carbons (Fsp3) is 0.357. The third-order valence-corrected chi connectivity index (χ3v) is 7.64. The van der Waals surface area contributed by atoms with Gasteiger partial charge in [0.05, 0.1) is 6.61 Å². The molecule has 4 atom stereocenters. The van der Waals surface area contributed by atoms with Gasteiger partial charge in [-0.25, -0.2) is 0 Å². The average molecular weight is 468 g/mol. The van der Waals surface area contributed by atoms with E-state index in [1.807, 2.05) is 12.1 Å². The second kappa shape index (κ2) is 10.4. The molecule has 5 rings (SSSR count). The predicted octanol–water partition coefficient (Wildman–Crippen LogP) is 7.13. The van der Waals surface area contributed by atoms with Crippen LogP contribution in [-0.4, -0.2) is 30.6 Å². The van der Waals surface area contributed by atoms with Crippen LogP contribution in [0.5, 0.6) is 0 Å². The van der Waals surface area contributed by atoms with Crippen LogP contribution in [0, 0.1) is 5.92 Å². The SMILES string of the molecule is CN1C2CCC1[C@H](COC(c1ccccc1)c1ccccc1)C(c1ccc(Cl)cc1)C2.Cl. The highest BCUT2D eigenvalue weighted by atomic mass is 35.5. The summed E-state index contributed by atoms with van der Waals surface area (Å²) in [6, 6.07) is 31.0. The molecule has 0 N–H and O–H groups in total. The molecule has 2 aliphatic heterocycles. The molecule has 168 valence electrons. The van der Waals surface area contributed by atoms with Crippen molar-refractivity contribution in [3.05, 3.63) is 107 Å². The quantitative estimate of drug-likeness (QED) is 0.381. The molecule has 0 radical (unpaired) electrons. The molecule has 2 nitrogen and oxygen atoms in total. The minimum atomic E-state index is -0.0438. The third-order valence-electron chi connectivity index (χ3n) is 7.39. The van der Waals surface area contributed by atoms with Gasteiger partial charge in [0.15, 0.2) is 0 Å². The number of hydrogen-bond acceptors (Lipinski definition) is 2. The summed E-state index contributed by atoms with van der Waals surface area (Å²) in [6.45, 7) is 0.753. The van der Waals surface area contributed by atoms with Gasteiger partial charge >= 0.3 is 0 Å². The lowest BCUT2D eigenvalue weighted by atomic mass is 9.76. The lowest BCUT2D eigenvalue weighted by Gasteiger charge is -2.43. The summed E-state index contributed by atoms with van der Waals surface area (Å²) in [5.41, 5.74) is 3.83. The number of hydrogen-bond donors (Lipinski definition) is 0. The normalized spacial score (nSPS) is 25.0. The minimum absolute atomic E-state index is 0. The van der Waals surface area contributed by atoms with Crippen LogP contribution < -0.4 is 0 Å². The zero-order valence-electron chi connectivity index (χ0n) is 18.4. The lowest BCUT2D eigenvalue weighted by Crippen LogP contribution is -2.47. The molecule has 2 fully saturated rings. The molecule has 2 saturated heterocycles. The molecule has 2 heterocycles. The van der Waals surface area contributed by atoms with E-state index in [0.717, 1.165) is 11.6 Å². The second-order valence-electron chi connectivity index (χ2n) is 9.06. The van der Waals surface area contributed by atoms with E-state index in [1.54, 1.807) is 0 Å². The van der Waals surface area contributed by atoms with E-state index in [0.29, 0.717) is 23.9 Å². The molecule has 2 bridgehead atoms.